The average Bonchev–Trinajstić information content (AvgIpc) is 2.92. The molecule has 1 aromatic carbocycles. The van der Waals surface area contributed by atoms with Crippen LogP contribution >= 0.6 is 0 Å². The van der Waals surface area contributed by atoms with E-state index in [-0.39, 0.29) is 29.8 Å². The Bertz CT molecular complexity index is 760. The SMILES string of the molecule is COc1cc(OC)c(OC)cc1/C=N\NC(=O)C[C@@H]1CCS(=O)(=O)C1. The summed E-state index contributed by atoms with van der Waals surface area (Å²) in [6.07, 6.45) is 2.09. The predicted octanol–water partition coefficient (Wildman–Crippen LogP) is 0.987. The highest BCUT2D eigenvalue weighted by Gasteiger charge is 2.29. The van der Waals surface area contributed by atoms with Crippen molar-refractivity contribution in [2.24, 2.45) is 11.0 Å². The van der Waals surface area contributed by atoms with Crippen molar-refractivity contribution in [1.29, 1.82) is 0 Å². The zero-order valence-electron chi connectivity index (χ0n) is 14.4. The van der Waals surface area contributed by atoms with E-state index in [9.17, 15) is 13.2 Å². The highest BCUT2D eigenvalue weighted by Crippen LogP contribution is 2.33. The van der Waals surface area contributed by atoms with Crippen LogP contribution in [0, 0.1) is 5.92 Å². The highest BCUT2D eigenvalue weighted by molar-refractivity contribution is 7.91. The molecule has 0 aromatic heterocycles. The number of methoxy groups -OCH3 is 3. The Morgan fingerprint density at radius 3 is 2.40 bits per heavy atom. The molecule has 1 N–H and O–H groups in total. The second-order valence-electron chi connectivity index (χ2n) is 5.72. The quantitative estimate of drug-likeness (QED) is 0.567. The number of carbonyl (C=O) groups is 1. The molecule has 1 aromatic rings. The van der Waals surface area contributed by atoms with E-state index in [1.54, 1.807) is 12.1 Å². The molecular formula is C16H22N2O6S. The van der Waals surface area contributed by atoms with Crippen LogP contribution in [0.25, 0.3) is 0 Å². The Morgan fingerprint density at radius 1 is 1.20 bits per heavy atom. The molecule has 8 nitrogen and oxygen atoms in total. The molecule has 138 valence electrons. The lowest BCUT2D eigenvalue weighted by molar-refractivity contribution is -0.121. The molecule has 1 atom stereocenters. The molecule has 25 heavy (non-hydrogen) atoms. The van der Waals surface area contributed by atoms with Gasteiger partial charge in [-0.05, 0) is 18.4 Å². The van der Waals surface area contributed by atoms with Gasteiger partial charge in [-0.15, -0.1) is 0 Å². The van der Waals surface area contributed by atoms with Crippen LogP contribution in [0.2, 0.25) is 0 Å². The molecule has 1 aliphatic rings. The summed E-state index contributed by atoms with van der Waals surface area (Å²) >= 11 is 0. The topological polar surface area (TPSA) is 103 Å². The number of ether oxygens (including phenoxy) is 3. The van der Waals surface area contributed by atoms with Crippen LogP contribution in [0.5, 0.6) is 17.2 Å². The lowest BCUT2D eigenvalue weighted by Crippen LogP contribution is -2.21. The number of sulfone groups is 1. The van der Waals surface area contributed by atoms with Gasteiger partial charge in [0.2, 0.25) is 5.91 Å². The molecule has 0 saturated carbocycles. The van der Waals surface area contributed by atoms with Crippen LogP contribution in [-0.4, -0.2) is 53.4 Å². The molecule has 0 spiro atoms. The Balaban J connectivity index is 2.00. The maximum absolute atomic E-state index is 11.9. The Morgan fingerprint density at radius 2 is 1.84 bits per heavy atom. The fourth-order valence-corrected chi connectivity index (χ4v) is 4.53. The van der Waals surface area contributed by atoms with Crippen LogP contribution in [0.1, 0.15) is 18.4 Å². The maximum Gasteiger partial charge on any atom is 0.240 e. The van der Waals surface area contributed by atoms with Crippen LogP contribution in [0.3, 0.4) is 0 Å². The number of amides is 1. The minimum atomic E-state index is -2.99. The fourth-order valence-electron chi connectivity index (χ4n) is 2.67. The number of nitrogens with one attached hydrogen (secondary N) is 1. The maximum atomic E-state index is 11.9. The van der Waals surface area contributed by atoms with Gasteiger partial charge in [0.1, 0.15) is 5.75 Å². The van der Waals surface area contributed by atoms with Gasteiger partial charge in [0.15, 0.2) is 21.3 Å². The summed E-state index contributed by atoms with van der Waals surface area (Å²) in [5.41, 5.74) is 3.01. The number of hydrogen-bond acceptors (Lipinski definition) is 7. The fraction of sp³-hybridized carbons (Fsp3) is 0.500. The molecule has 0 unspecified atom stereocenters. The van der Waals surface area contributed by atoms with E-state index in [4.69, 9.17) is 14.2 Å². The lowest BCUT2D eigenvalue weighted by Gasteiger charge is -2.11. The van der Waals surface area contributed by atoms with Crippen molar-refractivity contribution in [1.82, 2.24) is 5.43 Å². The zero-order valence-corrected chi connectivity index (χ0v) is 15.3. The minimum absolute atomic E-state index is 0.0631. The Hall–Kier alpha value is -2.29. The molecule has 1 saturated heterocycles. The van der Waals surface area contributed by atoms with E-state index in [1.165, 1.54) is 27.5 Å². The zero-order chi connectivity index (χ0) is 18.4. The van der Waals surface area contributed by atoms with Crippen molar-refractivity contribution in [3.8, 4) is 17.2 Å². The summed E-state index contributed by atoms with van der Waals surface area (Å²) in [5.74, 6) is 1.28. The second-order valence-corrected chi connectivity index (χ2v) is 7.94. The van der Waals surface area contributed by atoms with Gasteiger partial charge in [0.25, 0.3) is 0 Å². The Labute approximate surface area is 147 Å². The van der Waals surface area contributed by atoms with Gasteiger partial charge >= 0.3 is 0 Å². The van der Waals surface area contributed by atoms with E-state index in [2.05, 4.69) is 10.5 Å². The number of carbonyl (C=O) groups excluding carboxylic acids is 1. The van der Waals surface area contributed by atoms with E-state index in [0.717, 1.165) is 0 Å². The number of hydrazone groups is 1. The first-order valence-electron chi connectivity index (χ1n) is 7.71. The molecule has 1 amide bonds. The van der Waals surface area contributed by atoms with Crippen molar-refractivity contribution in [3.63, 3.8) is 0 Å². The van der Waals surface area contributed by atoms with Gasteiger partial charge in [-0.3, -0.25) is 4.79 Å². The molecule has 0 aliphatic carbocycles. The first-order chi connectivity index (χ1) is 11.9. The number of benzene rings is 1. The van der Waals surface area contributed by atoms with Gasteiger partial charge in [-0.1, -0.05) is 0 Å². The average molecular weight is 370 g/mol. The molecular weight excluding hydrogens is 348 g/mol. The number of nitrogens with zero attached hydrogens (tertiary/aromatic N) is 1. The molecule has 1 fully saturated rings. The third kappa shape index (κ3) is 5.09. The monoisotopic (exact) mass is 370 g/mol. The van der Waals surface area contributed by atoms with E-state index in [1.807, 2.05) is 0 Å². The van der Waals surface area contributed by atoms with Crippen molar-refractivity contribution < 1.29 is 27.4 Å². The minimum Gasteiger partial charge on any atom is -0.496 e. The summed E-state index contributed by atoms with van der Waals surface area (Å²) in [7, 11) is 1.56. The first-order valence-corrected chi connectivity index (χ1v) is 9.53. The molecule has 2 rings (SSSR count). The van der Waals surface area contributed by atoms with Gasteiger partial charge in [0, 0.05) is 18.1 Å². The van der Waals surface area contributed by atoms with Crippen LogP contribution in [0.4, 0.5) is 0 Å². The molecule has 1 aliphatic heterocycles. The van der Waals surface area contributed by atoms with Gasteiger partial charge in [-0.2, -0.15) is 5.10 Å². The van der Waals surface area contributed by atoms with Gasteiger partial charge in [-0.25, -0.2) is 13.8 Å². The lowest BCUT2D eigenvalue weighted by atomic mass is 10.1. The third-order valence-electron chi connectivity index (χ3n) is 3.93. The standard InChI is InChI=1S/C16H22N2O6S/c1-22-13-8-15(24-3)14(23-2)7-12(13)9-17-18-16(19)6-11-4-5-25(20,21)10-11/h7-9,11H,4-6,10H2,1-3H3,(H,18,19)/b17-9-/t11-/m0/s1. The summed E-state index contributed by atoms with van der Waals surface area (Å²) in [6, 6.07) is 3.34. The summed E-state index contributed by atoms with van der Waals surface area (Å²) in [4.78, 5) is 11.9. The van der Waals surface area contributed by atoms with Crippen molar-refractivity contribution in [2.75, 3.05) is 32.8 Å². The van der Waals surface area contributed by atoms with Gasteiger partial charge < -0.3 is 14.2 Å². The van der Waals surface area contributed by atoms with E-state index < -0.39 is 9.84 Å². The second kappa shape index (κ2) is 8.19. The van der Waals surface area contributed by atoms with Crippen molar-refractivity contribution in [2.45, 2.75) is 12.8 Å². The van der Waals surface area contributed by atoms with E-state index >= 15 is 0 Å². The van der Waals surface area contributed by atoms with Crippen LogP contribution < -0.4 is 19.6 Å². The largest absolute Gasteiger partial charge is 0.496 e. The molecule has 1 heterocycles. The van der Waals surface area contributed by atoms with Crippen LogP contribution in [0.15, 0.2) is 17.2 Å². The van der Waals surface area contributed by atoms with Gasteiger partial charge in [0.05, 0.1) is 39.0 Å². The normalized spacial score (nSPS) is 18.9. The molecule has 9 heteroatoms. The molecule has 0 radical (unpaired) electrons. The van der Waals surface area contributed by atoms with E-state index in [0.29, 0.717) is 29.2 Å². The summed E-state index contributed by atoms with van der Waals surface area (Å²) in [5, 5.41) is 3.91. The number of hydrogen-bond donors (Lipinski definition) is 1. The highest BCUT2D eigenvalue weighted by atomic mass is 32.2. The third-order valence-corrected chi connectivity index (χ3v) is 5.77. The van der Waals surface area contributed by atoms with Crippen molar-refractivity contribution >= 4 is 22.0 Å². The summed E-state index contributed by atoms with van der Waals surface area (Å²) < 4.78 is 38.5. The van der Waals surface area contributed by atoms with Crippen molar-refractivity contribution in [3.05, 3.63) is 17.7 Å². The molecule has 0 bridgehead atoms. The first kappa shape index (κ1) is 19.0. The predicted molar refractivity (Wildman–Crippen MR) is 93.2 cm³/mol. The summed E-state index contributed by atoms with van der Waals surface area (Å²) in [6.45, 7) is 0. The Kier molecular flexibility index (Phi) is 6.24. The smallest absolute Gasteiger partial charge is 0.240 e. The number of rotatable bonds is 7. The van der Waals surface area contributed by atoms with Crippen LogP contribution in [-0.2, 0) is 14.6 Å².